The molecular formula is C8H8Br2FN. The minimum atomic E-state index is -0.534. The van der Waals surface area contributed by atoms with Crippen molar-refractivity contribution in [1.29, 1.82) is 0 Å². The molecule has 0 spiro atoms. The third-order valence-corrected chi connectivity index (χ3v) is 3.42. The average Bonchev–Trinajstić information content (AvgIpc) is 2.08. The summed E-state index contributed by atoms with van der Waals surface area (Å²) in [6.07, 6.45) is 0. The Kier molecular flexibility index (Phi) is 3.68. The van der Waals surface area contributed by atoms with Crippen LogP contribution in [0.4, 0.5) is 4.39 Å². The number of rotatable bonds is 2. The molecule has 0 heterocycles. The highest BCUT2D eigenvalue weighted by Crippen LogP contribution is 2.25. The fourth-order valence-corrected chi connectivity index (χ4v) is 1.48. The Morgan fingerprint density at radius 3 is 2.50 bits per heavy atom. The lowest BCUT2D eigenvalue weighted by atomic mass is 10.1. The topological polar surface area (TPSA) is 26.0 Å². The number of nitrogens with two attached hydrogens (primary N) is 1. The van der Waals surface area contributed by atoms with Crippen molar-refractivity contribution < 1.29 is 4.39 Å². The molecule has 4 heteroatoms. The standard InChI is InChI=1S/C8H8Br2FN/c9-6-2-1-5(3-7(6)10)8(12)4-11/h1-3,8H,4,12H2/t8-/m1/s1. The van der Waals surface area contributed by atoms with Gasteiger partial charge in [-0.3, -0.25) is 0 Å². The van der Waals surface area contributed by atoms with Gasteiger partial charge in [0, 0.05) is 8.95 Å². The molecule has 0 saturated heterocycles. The van der Waals surface area contributed by atoms with E-state index in [2.05, 4.69) is 31.9 Å². The predicted molar refractivity (Wildman–Crippen MR) is 54.7 cm³/mol. The molecule has 66 valence electrons. The van der Waals surface area contributed by atoms with Crippen molar-refractivity contribution in [2.45, 2.75) is 6.04 Å². The van der Waals surface area contributed by atoms with Crippen LogP contribution in [0, 0.1) is 0 Å². The van der Waals surface area contributed by atoms with E-state index in [1.165, 1.54) is 0 Å². The van der Waals surface area contributed by atoms with E-state index < -0.39 is 12.7 Å². The summed E-state index contributed by atoms with van der Waals surface area (Å²) in [4.78, 5) is 0. The molecule has 0 bridgehead atoms. The smallest absolute Gasteiger partial charge is 0.109 e. The van der Waals surface area contributed by atoms with E-state index in [9.17, 15) is 4.39 Å². The third-order valence-electron chi connectivity index (χ3n) is 1.54. The first-order chi connectivity index (χ1) is 5.65. The summed E-state index contributed by atoms with van der Waals surface area (Å²) in [6, 6.07) is 4.94. The summed E-state index contributed by atoms with van der Waals surface area (Å²) in [5, 5.41) is 0. The molecule has 1 rings (SSSR count). The molecule has 0 aliphatic heterocycles. The first kappa shape index (κ1) is 10.2. The van der Waals surface area contributed by atoms with Crippen molar-refractivity contribution in [3.05, 3.63) is 32.7 Å². The van der Waals surface area contributed by atoms with Crippen molar-refractivity contribution >= 4 is 31.9 Å². The van der Waals surface area contributed by atoms with Crippen molar-refractivity contribution in [3.63, 3.8) is 0 Å². The summed E-state index contributed by atoms with van der Waals surface area (Å²) in [5.74, 6) is 0. The Hall–Kier alpha value is 0.0700. The van der Waals surface area contributed by atoms with Gasteiger partial charge in [-0.05, 0) is 49.6 Å². The van der Waals surface area contributed by atoms with E-state index in [0.29, 0.717) is 0 Å². The van der Waals surface area contributed by atoms with Crippen LogP contribution in [0.3, 0.4) is 0 Å². The maximum absolute atomic E-state index is 12.2. The van der Waals surface area contributed by atoms with Gasteiger partial charge in [0.05, 0.1) is 6.04 Å². The molecule has 1 atom stereocenters. The number of hydrogen-bond donors (Lipinski definition) is 1. The quantitative estimate of drug-likeness (QED) is 0.891. The summed E-state index contributed by atoms with van der Waals surface area (Å²) in [5.41, 5.74) is 6.30. The van der Waals surface area contributed by atoms with Crippen molar-refractivity contribution in [2.75, 3.05) is 6.67 Å². The van der Waals surface area contributed by atoms with Crippen molar-refractivity contribution in [1.82, 2.24) is 0 Å². The normalized spacial score (nSPS) is 13.0. The largest absolute Gasteiger partial charge is 0.322 e. The van der Waals surface area contributed by atoms with Gasteiger partial charge in [-0.1, -0.05) is 6.07 Å². The van der Waals surface area contributed by atoms with Crippen LogP contribution in [0.1, 0.15) is 11.6 Å². The molecule has 0 amide bonds. The van der Waals surface area contributed by atoms with Gasteiger partial charge < -0.3 is 5.73 Å². The van der Waals surface area contributed by atoms with E-state index in [1.54, 1.807) is 6.07 Å². The fraction of sp³-hybridized carbons (Fsp3) is 0.250. The van der Waals surface area contributed by atoms with Gasteiger partial charge in [0.25, 0.3) is 0 Å². The van der Waals surface area contributed by atoms with Crippen LogP contribution >= 0.6 is 31.9 Å². The lowest BCUT2D eigenvalue weighted by Crippen LogP contribution is -2.11. The van der Waals surface area contributed by atoms with Gasteiger partial charge >= 0.3 is 0 Å². The van der Waals surface area contributed by atoms with Crippen LogP contribution < -0.4 is 5.73 Å². The average molecular weight is 297 g/mol. The highest BCUT2D eigenvalue weighted by molar-refractivity contribution is 9.13. The molecule has 1 nitrogen and oxygen atoms in total. The number of hydrogen-bond acceptors (Lipinski definition) is 1. The second-order valence-corrected chi connectivity index (χ2v) is 4.14. The van der Waals surface area contributed by atoms with Gasteiger partial charge in [0.1, 0.15) is 6.67 Å². The van der Waals surface area contributed by atoms with Crippen LogP contribution in [0.15, 0.2) is 27.1 Å². The Bertz CT molecular complexity index is 278. The second-order valence-electron chi connectivity index (χ2n) is 2.43. The zero-order valence-corrected chi connectivity index (χ0v) is 9.40. The van der Waals surface area contributed by atoms with Crippen molar-refractivity contribution in [3.8, 4) is 0 Å². The minimum Gasteiger partial charge on any atom is -0.322 e. The van der Waals surface area contributed by atoms with E-state index in [4.69, 9.17) is 5.73 Å². The summed E-state index contributed by atoms with van der Waals surface area (Å²) in [6.45, 7) is -0.534. The number of halogens is 3. The second kappa shape index (κ2) is 4.35. The molecule has 0 saturated carbocycles. The van der Waals surface area contributed by atoms with Crippen molar-refractivity contribution in [2.24, 2.45) is 5.73 Å². The monoisotopic (exact) mass is 295 g/mol. The Balaban J connectivity index is 2.96. The van der Waals surface area contributed by atoms with Gasteiger partial charge in [-0.2, -0.15) is 0 Å². The van der Waals surface area contributed by atoms with Crippen LogP contribution in [0.2, 0.25) is 0 Å². The zero-order chi connectivity index (χ0) is 9.14. The van der Waals surface area contributed by atoms with Gasteiger partial charge in [-0.15, -0.1) is 0 Å². The molecule has 0 unspecified atom stereocenters. The SMILES string of the molecule is N[C@H](CF)c1ccc(Br)c(Br)c1. The predicted octanol–water partition coefficient (Wildman–Crippen LogP) is 3.18. The minimum absolute atomic E-state index is 0.519. The summed E-state index contributed by atoms with van der Waals surface area (Å²) in [7, 11) is 0. The molecule has 1 aromatic carbocycles. The van der Waals surface area contributed by atoms with Gasteiger partial charge in [0.2, 0.25) is 0 Å². The summed E-state index contributed by atoms with van der Waals surface area (Å²) >= 11 is 6.64. The van der Waals surface area contributed by atoms with Crippen LogP contribution in [-0.2, 0) is 0 Å². The summed E-state index contributed by atoms with van der Waals surface area (Å²) < 4.78 is 14.0. The number of alkyl halides is 1. The molecule has 0 radical (unpaired) electrons. The molecule has 2 N–H and O–H groups in total. The van der Waals surface area contributed by atoms with E-state index in [0.717, 1.165) is 14.5 Å². The van der Waals surface area contributed by atoms with Crippen LogP contribution in [0.5, 0.6) is 0 Å². The third kappa shape index (κ3) is 2.28. The maximum Gasteiger partial charge on any atom is 0.109 e. The molecule has 0 aromatic heterocycles. The van der Waals surface area contributed by atoms with Gasteiger partial charge in [0.15, 0.2) is 0 Å². The Morgan fingerprint density at radius 2 is 2.00 bits per heavy atom. The Labute approximate surface area is 87.4 Å². The molecular weight excluding hydrogens is 289 g/mol. The molecule has 0 aliphatic carbocycles. The van der Waals surface area contributed by atoms with Crippen LogP contribution in [-0.4, -0.2) is 6.67 Å². The van der Waals surface area contributed by atoms with Gasteiger partial charge in [-0.25, -0.2) is 4.39 Å². The fourth-order valence-electron chi connectivity index (χ4n) is 0.832. The lowest BCUT2D eigenvalue weighted by molar-refractivity contribution is 0.437. The molecule has 0 fully saturated rings. The lowest BCUT2D eigenvalue weighted by Gasteiger charge is -2.07. The van der Waals surface area contributed by atoms with Crippen LogP contribution in [0.25, 0.3) is 0 Å². The highest BCUT2D eigenvalue weighted by Gasteiger charge is 2.06. The molecule has 0 aliphatic rings. The Morgan fingerprint density at radius 1 is 1.33 bits per heavy atom. The molecule has 1 aromatic rings. The maximum atomic E-state index is 12.2. The highest BCUT2D eigenvalue weighted by atomic mass is 79.9. The van der Waals surface area contributed by atoms with E-state index in [1.807, 2.05) is 12.1 Å². The first-order valence-electron chi connectivity index (χ1n) is 3.41. The first-order valence-corrected chi connectivity index (χ1v) is 5.00. The molecule has 12 heavy (non-hydrogen) atoms. The van der Waals surface area contributed by atoms with E-state index >= 15 is 0 Å². The zero-order valence-electron chi connectivity index (χ0n) is 6.23. The van der Waals surface area contributed by atoms with E-state index in [-0.39, 0.29) is 0 Å². The number of benzene rings is 1.